The molecule has 1 unspecified atom stereocenters. The largest absolute Gasteiger partial charge is 0.488 e. The molecule has 2 aliphatic rings. The van der Waals surface area contributed by atoms with E-state index in [1.807, 2.05) is 30.0 Å². The van der Waals surface area contributed by atoms with Gasteiger partial charge in [0, 0.05) is 36.5 Å². The molecule has 1 aromatic heterocycles. The van der Waals surface area contributed by atoms with E-state index in [4.69, 9.17) is 4.74 Å². The van der Waals surface area contributed by atoms with Crippen LogP contribution < -0.4 is 9.64 Å². The van der Waals surface area contributed by atoms with E-state index in [0.29, 0.717) is 67.2 Å². The highest BCUT2D eigenvalue weighted by molar-refractivity contribution is 6.09. The molecule has 1 aromatic carbocycles. The van der Waals surface area contributed by atoms with E-state index in [1.165, 1.54) is 11.1 Å². The third kappa shape index (κ3) is 4.67. The van der Waals surface area contributed by atoms with Crippen LogP contribution in [-0.2, 0) is 6.42 Å². The number of aromatic nitrogens is 1. The Labute approximate surface area is 198 Å². The zero-order valence-corrected chi connectivity index (χ0v) is 19.5. The number of likely N-dealkylation sites (tertiary alicyclic amines) is 1. The number of allylic oxidation sites excluding steroid dienone is 1. The van der Waals surface area contributed by atoms with Crippen LogP contribution in [0.5, 0.6) is 5.75 Å². The average molecular weight is 470 g/mol. The van der Waals surface area contributed by atoms with E-state index >= 15 is 0 Å². The van der Waals surface area contributed by atoms with Gasteiger partial charge in [-0.1, -0.05) is 13.5 Å². The molecule has 0 saturated carbocycles. The van der Waals surface area contributed by atoms with Crippen LogP contribution in [0.15, 0.2) is 42.6 Å². The lowest BCUT2D eigenvalue weighted by atomic mass is 9.97. The number of halogens is 2. The van der Waals surface area contributed by atoms with E-state index in [-0.39, 0.29) is 18.2 Å². The average Bonchev–Trinajstić information content (AvgIpc) is 2.86. The zero-order valence-electron chi connectivity index (χ0n) is 19.5. The fraction of sp³-hybridized carbons (Fsp3) is 0.423. The molecule has 8 heteroatoms. The quantitative estimate of drug-likeness (QED) is 0.438. The van der Waals surface area contributed by atoms with Gasteiger partial charge in [-0.3, -0.25) is 9.59 Å². The van der Waals surface area contributed by atoms with E-state index in [0.717, 1.165) is 11.3 Å². The lowest BCUT2D eigenvalue weighted by Crippen LogP contribution is -2.42. The topological polar surface area (TPSA) is 62.7 Å². The summed E-state index contributed by atoms with van der Waals surface area (Å²) < 4.78 is 32.1. The Morgan fingerprint density at radius 1 is 1.26 bits per heavy atom. The second-order valence-corrected chi connectivity index (χ2v) is 8.84. The number of benzene rings is 1. The molecule has 1 saturated heterocycles. The highest BCUT2D eigenvalue weighted by Crippen LogP contribution is 2.36. The number of ketones is 1. The number of nitrogens with zero attached hydrogens (tertiary/aromatic N) is 3. The molecule has 1 amide bonds. The molecule has 2 aliphatic heterocycles. The second-order valence-electron chi connectivity index (χ2n) is 8.84. The fourth-order valence-corrected chi connectivity index (χ4v) is 4.54. The van der Waals surface area contributed by atoms with Crippen LogP contribution in [0, 0.1) is 5.92 Å². The minimum Gasteiger partial charge on any atom is -0.488 e. The predicted molar refractivity (Wildman–Crippen MR) is 126 cm³/mol. The van der Waals surface area contributed by atoms with Crippen LogP contribution in [0.4, 0.5) is 20.3 Å². The van der Waals surface area contributed by atoms with E-state index in [1.54, 1.807) is 13.0 Å². The summed E-state index contributed by atoms with van der Waals surface area (Å²) in [6.45, 7) is 8.94. The Morgan fingerprint density at radius 2 is 2.06 bits per heavy atom. The van der Waals surface area contributed by atoms with Gasteiger partial charge in [-0.15, -0.1) is 0 Å². The first-order chi connectivity index (χ1) is 16.3. The molecule has 0 spiro atoms. The van der Waals surface area contributed by atoms with Crippen molar-refractivity contribution in [1.29, 1.82) is 0 Å². The smallest absolute Gasteiger partial charge is 0.255 e. The third-order valence-corrected chi connectivity index (χ3v) is 6.42. The standard InChI is InChI=1S/C26H29F2N3O3/c1-4-17-12-20(7-8-21(17)23(32)16(2)3)31-10-11-34-22-13-19(14-29-25(22)31)26(33)30-9-5-6-18(15-30)24(27)28/h7-8,12-14,18,24H,2,4-6,9-11,15H2,1,3H3. The molecule has 3 heterocycles. The van der Waals surface area contributed by atoms with Crippen molar-refractivity contribution in [3.8, 4) is 5.75 Å². The van der Waals surface area contributed by atoms with Gasteiger partial charge < -0.3 is 14.5 Å². The van der Waals surface area contributed by atoms with Gasteiger partial charge in [0.15, 0.2) is 17.4 Å². The van der Waals surface area contributed by atoms with Crippen molar-refractivity contribution in [2.45, 2.75) is 39.5 Å². The van der Waals surface area contributed by atoms with Gasteiger partial charge in [-0.25, -0.2) is 13.8 Å². The minimum absolute atomic E-state index is 0.0512. The summed E-state index contributed by atoms with van der Waals surface area (Å²) >= 11 is 0. The molecule has 0 bridgehead atoms. The number of aryl methyl sites for hydroxylation is 1. The maximum absolute atomic E-state index is 13.2. The van der Waals surface area contributed by atoms with Crippen LogP contribution in [0.2, 0.25) is 0 Å². The Kier molecular flexibility index (Phi) is 6.95. The number of rotatable bonds is 6. The molecule has 1 fully saturated rings. The Bertz CT molecular complexity index is 1120. The van der Waals surface area contributed by atoms with Crippen molar-refractivity contribution in [3.05, 3.63) is 59.3 Å². The maximum Gasteiger partial charge on any atom is 0.255 e. The molecule has 1 atom stereocenters. The lowest BCUT2D eigenvalue weighted by molar-refractivity contribution is 0.0253. The number of amides is 1. The highest BCUT2D eigenvalue weighted by atomic mass is 19.3. The summed E-state index contributed by atoms with van der Waals surface area (Å²) in [5.41, 5.74) is 3.26. The number of carbonyl (C=O) groups excluding carboxylic acids is 2. The van der Waals surface area contributed by atoms with Crippen molar-refractivity contribution in [2.24, 2.45) is 5.92 Å². The van der Waals surface area contributed by atoms with Crippen LogP contribution in [0.1, 0.15) is 53.0 Å². The van der Waals surface area contributed by atoms with Crippen LogP contribution >= 0.6 is 0 Å². The van der Waals surface area contributed by atoms with E-state index in [9.17, 15) is 18.4 Å². The number of pyridine rings is 1. The first-order valence-corrected chi connectivity index (χ1v) is 11.6. The lowest BCUT2D eigenvalue weighted by Gasteiger charge is -2.33. The Hall–Kier alpha value is -3.29. The number of ether oxygens (including phenoxy) is 1. The fourth-order valence-electron chi connectivity index (χ4n) is 4.54. The number of hydrogen-bond donors (Lipinski definition) is 0. The molecule has 0 N–H and O–H groups in total. The van der Waals surface area contributed by atoms with Crippen LogP contribution in [0.3, 0.4) is 0 Å². The summed E-state index contributed by atoms with van der Waals surface area (Å²) in [4.78, 5) is 33.4. The molecule has 0 radical (unpaired) electrons. The predicted octanol–water partition coefficient (Wildman–Crippen LogP) is 5.05. The van der Waals surface area contributed by atoms with Gasteiger partial charge in [0.2, 0.25) is 6.43 Å². The van der Waals surface area contributed by atoms with Gasteiger partial charge in [0.25, 0.3) is 5.91 Å². The number of alkyl halides is 2. The maximum atomic E-state index is 13.2. The normalized spacial score (nSPS) is 17.9. The number of fused-ring (bicyclic) bond motifs is 1. The summed E-state index contributed by atoms with van der Waals surface area (Å²) in [5.74, 6) is -0.119. The monoisotopic (exact) mass is 469 g/mol. The van der Waals surface area contributed by atoms with Gasteiger partial charge >= 0.3 is 0 Å². The summed E-state index contributed by atoms with van der Waals surface area (Å²) in [6, 6.07) is 7.31. The summed E-state index contributed by atoms with van der Waals surface area (Å²) in [5, 5.41) is 0. The van der Waals surface area contributed by atoms with Crippen molar-refractivity contribution in [3.63, 3.8) is 0 Å². The molecule has 4 rings (SSSR count). The van der Waals surface area contributed by atoms with Gasteiger partial charge in [-0.05, 0) is 61.6 Å². The van der Waals surface area contributed by atoms with Crippen molar-refractivity contribution >= 4 is 23.2 Å². The van der Waals surface area contributed by atoms with Crippen molar-refractivity contribution in [1.82, 2.24) is 9.88 Å². The molecule has 6 nitrogen and oxygen atoms in total. The first-order valence-electron chi connectivity index (χ1n) is 11.6. The molecule has 2 aromatic rings. The number of hydrogen-bond acceptors (Lipinski definition) is 5. The first kappa shape index (κ1) is 23.9. The van der Waals surface area contributed by atoms with E-state index in [2.05, 4.69) is 11.6 Å². The third-order valence-electron chi connectivity index (χ3n) is 6.42. The molecular weight excluding hydrogens is 440 g/mol. The Balaban J connectivity index is 1.59. The number of Topliss-reactive ketones (excluding diaryl/α,β-unsaturated/α-hetero) is 1. The number of piperidine rings is 1. The van der Waals surface area contributed by atoms with Gasteiger partial charge in [0.1, 0.15) is 6.61 Å². The molecule has 0 aliphatic carbocycles. The van der Waals surface area contributed by atoms with Crippen LogP contribution in [-0.4, -0.2) is 54.2 Å². The summed E-state index contributed by atoms with van der Waals surface area (Å²) in [7, 11) is 0. The zero-order chi connectivity index (χ0) is 24.4. The van der Waals surface area contributed by atoms with Gasteiger partial charge in [-0.2, -0.15) is 0 Å². The molecular formula is C26H29F2N3O3. The highest BCUT2D eigenvalue weighted by Gasteiger charge is 2.31. The summed E-state index contributed by atoms with van der Waals surface area (Å²) in [6.07, 6.45) is 0.731. The number of carbonyl (C=O) groups is 2. The number of anilines is 2. The molecule has 34 heavy (non-hydrogen) atoms. The second kappa shape index (κ2) is 9.91. The van der Waals surface area contributed by atoms with Gasteiger partial charge in [0.05, 0.1) is 12.1 Å². The Morgan fingerprint density at radius 3 is 2.76 bits per heavy atom. The van der Waals surface area contributed by atoms with Crippen LogP contribution in [0.25, 0.3) is 0 Å². The van der Waals surface area contributed by atoms with Crippen molar-refractivity contribution < 1.29 is 23.1 Å². The SMILES string of the molecule is C=C(C)C(=O)c1ccc(N2CCOc3cc(C(=O)N4CCCC(C(F)F)C4)cnc32)cc1CC. The minimum atomic E-state index is -2.43. The molecule has 180 valence electrons. The van der Waals surface area contributed by atoms with Crippen molar-refractivity contribution in [2.75, 3.05) is 31.1 Å². The van der Waals surface area contributed by atoms with E-state index < -0.39 is 12.3 Å².